The van der Waals surface area contributed by atoms with Crippen molar-refractivity contribution in [3.8, 4) is 5.75 Å². The molecule has 1 N–H and O–H groups in total. The van der Waals surface area contributed by atoms with Gasteiger partial charge in [-0.2, -0.15) is 0 Å². The molecule has 3 heteroatoms. The van der Waals surface area contributed by atoms with Crippen LogP contribution in [0.4, 0.5) is 0 Å². The lowest BCUT2D eigenvalue weighted by molar-refractivity contribution is -0.128. The largest absolute Gasteiger partial charge is 0.481 e. The molecule has 1 aromatic carbocycles. The normalized spacial score (nSPS) is 13.8. The number of rotatable bonds is 3. The Morgan fingerprint density at radius 1 is 1.10 bits per heavy atom. The van der Waals surface area contributed by atoms with Gasteiger partial charge < -0.3 is 10.1 Å². The smallest absolute Gasteiger partial charge is 0.261 e. The first-order valence-electron chi connectivity index (χ1n) is 7.09. The van der Waals surface area contributed by atoms with Gasteiger partial charge in [0.15, 0.2) is 6.10 Å². The zero-order chi connectivity index (χ0) is 15.6. The van der Waals surface area contributed by atoms with Crippen LogP contribution in [0.5, 0.6) is 5.75 Å². The van der Waals surface area contributed by atoms with Crippen molar-refractivity contribution in [3.05, 3.63) is 29.8 Å². The van der Waals surface area contributed by atoms with Gasteiger partial charge in [-0.25, -0.2) is 0 Å². The van der Waals surface area contributed by atoms with Crippen LogP contribution < -0.4 is 10.1 Å². The van der Waals surface area contributed by atoms with E-state index in [1.54, 1.807) is 6.92 Å². The third kappa shape index (κ3) is 4.87. The maximum absolute atomic E-state index is 12.1. The third-order valence-corrected chi connectivity index (χ3v) is 2.87. The summed E-state index contributed by atoms with van der Waals surface area (Å²) < 4.78 is 5.87. The molecule has 0 bridgehead atoms. The molecule has 1 atom stereocenters. The van der Waals surface area contributed by atoms with Crippen LogP contribution in [0.3, 0.4) is 0 Å². The standard InChI is InChI=1S/C17H27NO2/c1-12(15(19)18-17(5,6)7)20-14-11-9-8-10-13(14)16(2,3)4/h8-12H,1-7H3,(H,18,19). The Kier molecular flexibility index (Phi) is 4.85. The van der Waals surface area contributed by atoms with E-state index in [0.717, 1.165) is 11.3 Å². The second-order valence-electron chi connectivity index (χ2n) is 7.25. The van der Waals surface area contributed by atoms with E-state index in [0.29, 0.717) is 0 Å². The minimum Gasteiger partial charge on any atom is -0.481 e. The summed E-state index contributed by atoms with van der Waals surface area (Å²) in [6.07, 6.45) is -0.516. The molecular formula is C17H27NO2. The van der Waals surface area contributed by atoms with E-state index in [-0.39, 0.29) is 16.9 Å². The topological polar surface area (TPSA) is 38.3 Å². The van der Waals surface area contributed by atoms with E-state index in [9.17, 15) is 4.79 Å². The van der Waals surface area contributed by atoms with Gasteiger partial charge in [-0.1, -0.05) is 39.0 Å². The average molecular weight is 277 g/mol. The molecule has 0 aliphatic carbocycles. The fourth-order valence-corrected chi connectivity index (χ4v) is 1.90. The van der Waals surface area contributed by atoms with Crippen molar-refractivity contribution in [2.45, 2.75) is 65.5 Å². The van der Waals surface area contributed by atoms with E-state index in [4.69, 9.17) is 4.74 Å². The molecule has 1 amide bonds. The Bertz CT molecular complexity index is 467. The van der Waals surface area contributed by atoms with Gasteiger partial charge in [0.25, 0.3) is 5.91 Å². The highest BCUT2D eigenvalue weighted by Crippen LogP contribution is 2.31. The molecule has 0 aliphatic rings. The van der Waals surface area contributed by atoms with Crippen LogP contribution in [0.15, 0.2) is 24.3 Å². The number of hydrogen-bond acceptors (Lipinski definition) is 2. The molecule has 0 saturated carbocycles. The van der Waals surface area contributed by atoms with Crippen LogP contribution in [0.1, 0.15) is 54.0 Å². The van der Waals surface area contributed by atoms with E-state index in [1.807, 2.05) is 45.0 Å². The molecule has 0 saturated heterocycles. The van der Waals surface area contributed by atoms with Crippen LogP contribution in [-0.4, -0.2) is 17.6 Å². The van der Waals surface area contributed by atoms with Crippen molar-refractivity contribution in [2.24, 2.45) is 0 Å². The molecule has 3 nitrogen and oxygen atoms in total. The van der Waals surface area contributed by atoms with Crippen LogP contribution in [0, 0.1) is 0 Å². The molecule has 112 valence electrons. The molecule has 0 aromatic heterocycles. The van der Waals surface area contributed by atoms with Crippen molar-refractivity contribution >= 4 is 5.91 Å². The van der Waals surface area contributed by atoms with Crippen molar-refractivity contribution in [1.29, 1.82) is 0 Å². The lowest BCUT2D eigenvalue weighted by Gasteiger charge is -2.26. The van der Waals surface area contributed by atoms with Gasteiger partial charge in [-0.3, -0.25) is 4.79 Å². The first-order valence-corrected chi connectivity index (χ1v) is 7.09. The first-order chi connectivity index (χ1) is 9.00. The summed E-state index contributed by atoms with van der Waals surface area (Å²) in [6, 6.07) is 7.89. The second kappa shape index (κ2) is 5.86. The number of ether oxygens (including phenoxy) is 1. The average Bonchev–Trinajstić information content (AvgIpc) is 2.25. The molecule has 0 radical (unpaired) electrons. The molecule has 1 rings (SSSR count). The molecule has 0 fully saturated rings. The van der Waals surface area contributed by atoms with Crippen molar-refractivity contribution in [3.63, 3.8) is 0 Å². The molecular weight excluding hydrogens is 250 g/mol. The Hall–Kier alpha value is -1.51. The Morgan fingerprint density at radius 2 is 1.65 bits per heavy atom. The lowest BCUT2D eigenvalue weighted by atomic mass is 9.86. The molecule has 1 unspecified atom stereocenters. The number of carbonyl (C=O) groups excluding carboxylic acids is 1. The predicted octanol–water partition coefficient (Wildman–Crippen LogP) is 3.67. The number of carbonyl (C=O) groups is 1. The number of nitrogens with one attached hydrogen (secondary N) is 1. The van der Waals surface area contributed by atoms with E-state index in [2.05, 4.69) is 26.1 Å². The summed E-state index contributed by atoms with van der Waals surface area (Å²) in [6.45, 7) is 14.1. The lowest BCUT2D eigenvalue weighted by Crippen LogP contribution is -2.46. The van der Waals surface area contributed by atoms with Crippen LogP contribution >= 0.6 is 0 Å². The summed E-state index contributed by atoms with van der Waals surface area (Å²) >= 11 is 0. The maximum atomic E-state index is 12.1. The maximum Gasteiger partial charge on any atom is 0.261 e. The predicted molar refractivity (Wildman–Crippen MR) is 83.1 cm³/mol. The van der Waals surface area contributed by atoms with Gasteiger partial charge in [0.05, 0.1) is 0 Å². The SMILES string of the molecule is CC(Oc1ccccc1C(C)(C)C)C(=O)NC(C)(C)C. The highest BCUT2D eigenvalue weighted by atomic mass is 16.5. The van der Waals surface area contributed by atoms with Crippen molar-refractivity contribution < 1.29 is 9.53 Å². The number of amides is 1. The fourth-order valence-electron chi connectivity index (χ4n) is 1.90. The summed E-state index contributed by atoms with van der Waals surface area (Å²) in [5, 5.41) is 2.93. The van der Waals surface area contributed by atoms with E-state index in [1.165, 1.54) is 0 Å². The fraction of sp³-hybridized carbons (Fsp3) is 0.588. The van der Waals surface area contributed by atoms with E-state index < -0.39 is 6.10 Å². The Balaban J connectivity index is 2.86. The molecule has 20 heavy (non-hydrogen) atoms. The van der Waals surface area contributed by atoms with Crippen LogP contribution in [-0.2, 0) is 10.2 Å². The van der Waals surface area contributed by atoms with Gasteiger partial charge in [0.1, 0.15) is 5.75 Å². The third-order valence-electron chi connectivity index (χ3n) is 2.87. The van der Waals surface area contributed by atoms with Gasteiger partial charge >= 0.3 is 0 Å². The Morgan fingerprint density at radius 3 is 2.15 bits per heavy atom. The first kappa shape index (κ1) is 16.5. The van der Waals surface area contributed by atoms with Gasteiger partial charge in [-0.15, -0.1) is 0 Å². The van der Waals surface area contributed by atoms with Crippen LogP contribution in [0.2, 0.25) is 0 Å². The molecule has 0 spiro atoms. The zero-order valence-electron chi connectivity index (χ0n) is 13.7. The molecule has 1 aromatic rings. The number of benzene rings is 1. The monoisotopic (exact) mass is 277 g/mol. The van der Waals surface area contributed by atoms with Gasteiger partial charge in [0.2, 0.25) is 0 Å². The molecule has 0 heterocycles. The summed E-state index contributed by atoms with van der Waals surface area (Å²) in [5.74, 6) is 0.678. The molecule has 0 aliphatic heterocycles. The van der Waals surface area contributed by atoms with Crippen LogP contribution in [0.25, 0.3) is 0 Å². The second-order valence-corrected chi connectivity index (χ2v) is 7.25. The summed E-state index contributed by atoms with van der Waals surface area (Å²) in [4.78, 5) is 12.1. The number of hydrogen-bond donors (Lipinski definition) is 1. The number of para-hydroxylation sites is 1. The Labute approximate surface area is 122 Å². The summed E-state index contributed by atoms with van der Waals surface area (Å²) in [7, 11) is 0. The minimum absolute atomic E-state index is 0.0170. The van der Waals surface area contributed by atoms with Crippen molar-refractivity contribution in [1.82, 2.24) is 5.32 Å². The van der Waals surface area contributed by atoms with Gasteiger partial charge in [0, 0.05) is 5.54 Å². The van der Waals surface area contributed by atoms with E-state index >= 15 is 0 Å². The quantitative estimate of drug-likeness (QED) is 0.915. The van der Waals surface area contributed by atoms with Crippen molar-refractivity contribution in [2.75, 3.05) is 0 Å². The minimum atomic E-state index is -0.516. The van der Waals surface area contributed by atoms with Gasteiger partial charge in [-0.05, 0) is 44.7 Å². The highest BCUT2D eigenvalue weighted by Gasteiger charge is 2.24. The highest BCUT2D eigenvalue weighted by molar-refractivity contribution is 5.81. The zero-order valence-corrected chi connectivity index (χ0v) is 13.7. The summed E-state index contributed by atoms with van der Waals surface area (Å²) in [5.41, 5.74) is 0.838.